The van der Waals surface area contributed by atoms with Crippen LogP contribution in [-0.2, 0) is 19.6 Å². The van der Waals surface area contributed by atoms with Gasteiger partial charge in [0.1, 0.15) is 11.3 Å². The van der Waals surface area contributed by atoms with Gasteiger partial charge in [0.05, 0.1) is 41.8 Å². The van der Waals surface area contributed by atoms with Crippen molar-refractivity contribution < 1.29 is 36.7 Å². The van der Waals surface area contributed by atoms with Crippen LogP contribution in [0.2, 0.25) is 5.02 Å². The first-order valence-electron chi connectivity index (χ1n) is 14.1. The molecule has 0 spiro atoms. The number of benzene rings is 3. The molecule has 10 nitrogen and oxygen atoms in total. The van der Waals surface area contributed by atoms with Crippen molar-refractivity contribution in [3.05, 3.63) is 88.6 Å². The van der Waals surface area contributed by atoms with Crippen molar-refractivity contribution in [1.82, 2.24) is 4.31 Å². The summed E-state index contributed by atoms with van der Waals surface area (Å²) in [6.45, 7) is 2.13. The van der Waals surface area contributed by atoms with E-state index in [1.165, 1.54) is 41.7 Å². The monoisotopic (exact) mass is 638 g/mol. The molecule has 3 aromatic carbocycles. The van der Waals surface area contributed by atoms with Crippen LogP contribution in [0.25, 0.3) is 11.0 Å². The summed E-state index contributed by atoms with van der Waals surface area (Å²) in [5.41, 5.74) is 1.24. The molecule has 0 bridgehead atoms. The number of piperidine rings is 1. The van der Waals surface area contributed by atoms with Crippen LogP contribution >= 0.6 is 11.6 Å². The number of furan rings is 1. The molecular weight excluding hydrogens is 608 g/mol. The summed E-state index contributed by atoms with van der Waals surface area (Å²) in [6, 6.07) is 17.5. The number of esters is 1. The van der Waals surface area contributed by atoms with Crippen LogP contribution in [0.1, 0.15) is 46.2 Å². The van der Waals surface area contributed by atoms with Gasteiger partial charge in [-0.25, -0.2) is 8.42 Å². The van der Waals surface area contributed by atoms with Crippen molar-refractivity contribution in [2.75, 3.05) is 38.7 Å². The molecule has 4 aromatic rings. The van der Waals surface area contributed by atoms with Crippen LogP contribution in [0.5, 0.6) is 5.75 Å². The van der Waals surface area contributed by atoms with Gasteiger partial charge in [-0.2, -0.15) is 4.31 Å². The molecule has 0 radical (unpaired) electrons. The van der Waals surface area contributed by atoms with E-state index in [1.54, 1.807) is 43.3 Å². The molecule has 2 heterocycles. The maximum Gasteiger partial charge on any atom is 0.309 e. The van der Waals surface area contributed by atoms with Crippen molar-refractivity contribution in [2.45, 2.75) is 24.7 Å². The molecule has 44 heavy (non-hydrogen) atoms. The second kappa shape index (κ2) is 13.2. The Morgan fingerprint density at radius 3 is 2.45 bits per heavy atom. The Morgan fingerprint density at radius 2 is 1.75 bits per heavy atom. The van der Waals surface area contributed by atoms with Crippen molar-refractivity contribution in [3.8, 4) is 5.75 Å². The SMILES string of the molecule is CCOC(=O)C1CCN(S(=O)(=O)c2cccc(C(=O)CNc3c(C(=O)c4ccc(OC)c(Cl)c4)oc4ccccc34)c2)CC1. The van der Waals surface area contributed by atoms with Gasteiger partial charge in [0.25, 0.3) is 0 Å². The number of para-hydroxylation sites is 1. The maximum absolute atomic E-state index is 13.5. The van der Waals surface area contributed by atoms with E-state index in [0.29, 0.717) is 35.2 Å². The van der Waals surface area contributed by atoms with E-state index in [2.05, 4.69) is 5.32 Å². The number of hydrogen-bond acceptors (Lipinski definition) is 9. The van der Waals surface area contributed by atoms with E-state index in [1.807, 2.05) is 0 Å². The molecule has 1 aliphatic heterocycles. The number of methoxy groups -OCH3 is 1. The number of ether oxygens (including phenoxy) is 2. The van der Waals surface area contributed by atoms with Gasteiger partial charge in [0, 0.05) is 29.6 Å². The van der Waals surface area contributed by atoms with Gasteiger partial charge in [-0.3, -0.25) is 14.4 Å². The normalized spacial score (nSPS) is 14.3. The molecular formula is C32H31ClN2O8S. The predicted octanol–water partition coefficient (Wildman–Crippen LogP) is 5.58. The Balaban J connectivity index is 1.34. The summed E-state index contributed by atoms with van der Waals surface area (Å²) >= 11 is 6.24. The lowest BCUT2D eigenvalue weighted by Gasteiger charge is -2.30. The molecule has 1 saturated heterocycles. The van der Waals surface area contributed by atoms with E-state index in [-0.39, 0.29) is 70.7 Å². The standard InChI is InChI=1S/C32H31ClN2O8S/c1-3-42-32(38)20-13-15-35(16-14-20)44(39,40)23-8-6-7-21(17-23)26(36)19-34-29-24-9-4-5-10-27(24)43-31(29)30(37)22-11-12-28(41-2)25(33)18-22/h4-12,17-18,20,34H,3,13-16,19H2,1-2H3. The van der Waals surface area contributed by atoms with Crippen molar-refractivity contribution in [3.63, 3.8) is 0 Å². The number of carbonyl (C=O) groups is 3. The molecule has 0 amide bonds. The highest BCUT2D eigenvalue weighted by Gasteiger charge is 2.33. The van der Waals surface area contributed by atoms with Gasteiger partial charge in [0.2, 0.25) is 15.8 Å². The quantitative estimate of drug-likeness (QED) is 0.165. The first-order valence-corrected chi connectivity index (χ1v) is 15.9. The number of nitrogens with zero attached hydrogens (tertiary/aromatic N) is 1. The second-order valence-electron chi connectivity index (χ2n) is 10.2. The Hall–Kier alpha value is -4.19. The van der Waals surface area contributed by atoms with Crippen molar-refractivity contribution in [1.29, 1.82) is 0 Å². The summed E-state index contributed by atoms with van der Waals surface area (Å²) in [5, 5.41) is 3.91. The first-order chi connectivity index (χ1) is 21.1. The third-order valence-electron chi connectivity index (χ3n) is 7.51. The molecule has 0 aliphatic carbocycles. The van der Waals surface area contributed by atoms with E-state index in [0.717, 1.165) is 0 Å². The number of anilines is 1. The molecule has 12 heteroatoms. The summed E-state index contributed by atoms with van der Waals surface area (Å²) in [7, 11) is -2.42. The topological polar surface area (TPSA) is 132 Å². The minimum absolute atomic E-state index is 0.00258. The zero-order chi connectivity index (χ0) is 31.4. The number of carbonyl (C=O) groups excluding carboxylic acids is 3. The average molecular weight is 639 g/mol. The summed E-state index contributed by atoms with van der Waals surface area (Å²) < 4.78 is 44.3. The maximum atomic E-state index is 13.5. The third-order valence-corrected chi connectivity index (χ3v) is 9.70. The molecule has 0 saturated carbocycles. The fraction of sp³-hybridized carbons (Fsp3) is 0.281. The van der Waals surface area contributed by atoms with Crippen LogP contribution < -0.4 is 10.1 Å². The van der Waals surface area contributed by atoms with E-state index in [9.17, 15) is 22.8 Å². The zero-order valence-corrected chi connectivity index (χ0v) is 25.7. The van der Waals surface area contributed by atoms with Gasteiger partial charge in [0.15, 0.2) is 11.5 Å². The minimum Gasteiger partial charge on any atom is -0.495 e. The number of sulfonamides is 1. The lowest BCUT2D eigenvalue weighted by atomic mass is 9.98. The molecule has 1 aliphatic rings. The molecule has 0 unspecified atom stereocenters. The predicted molar refractivity (Wildman–Crippen MR) is 165 cm³/mol. The van der Waals surface area contributed by atoms with Gasteiger partial charge >= 0.3 is 5.97 Å². The molecule has 1 N–H and O–H groups in total. The Labute approximate surface area is 259 Å². The van der Waals surface area contributed by atoms with Crippen molar-refractivity contribution >= 4 is 55.8 Å². The van der Waals surface area contributed by atoms with Crippen LogP contribution in [0.15, 0.2) is 76.0 Å². The van der Waals surface area contributed by atoms with Gasteiger partial charge in [-0.15, -0.1) is 0 Å². The summed E-state index contributed by atoms with van der Waals surface area (Å²) in [4.78, 5) is 38.8. The average Bonchev–Trinajstić information content (AvgIpc) is 3.42. The molecule has 1 aromatic heterocycles. The van der Waals surface area contributed by atoms with Crippen LogP contribution in [0.4, 0.5) is 5.69 Å². The number of hydrogen-bond donors (Lipinski definition) is 1. The smallest absolute Gasteiger partial charge is 0.309 e. The molecule has 230 valence electrons. The highest BCUT2D eigenvalue weighted by Crippen LogP contribution is 2.34. The number of rotatable bonds is 11. The highest BCUT2D eigenvalue weighted by atomic mass is 35.5. The summed E-state index contributed by atoms with van der Waals surface area (Å²) in [5.74, 6) is -1.06. The van der Waals surface area contributed by atoms with Gasteiger partial charge in [-0.1, -0.05) is 35.9 Å². The second-order valence-corrected chi connectivity index (χ2v) is 12.6. The van der Waals surface area contributed by atoms with Gasteiger partial charge in [-0.05, 0) is 62.2 Å². The van der Waals surface area contributed by atoms with E-state index < -0.39 is 15.8 Å². The molecule has 1 fully saturated rings. The van der Waals surface area contributed by atoms with Gasteiger partial charge < -0.3 is 19.2 Å². The molecule has 5 rings (SSSR count). The third kappa shape index (κ3) is 6.35. The largest absolute Gasteiger partial charge is 0.495 e. The number of fused-ring (bicyclic) bond motifs is 1. The fourth-order valence-electron chi connectivity index (χ4n) is 5.16. The number of Topliss-reactive ketones (excluding diaryl/α,β-unsaturated/α-hetero) is 1. The number of ketones is 2. The minimum atomic E-state index is -3.89. The van der Waals surface area contributed by atoms with Crippen LogP contribution in [0, 0.1) is 5.92 Å². The number of halogens is 1. The Kier molecular flexibility index (Phi) is 9.38. The summed E-state index contributed by atoms with van der Waals surface area (Å²) in [6.07, 6.45) is 0.728. The Morgan fingerprint density at radius 1 is 1.00 bits per heavy atom. The van der Waals surface area contributed by atoms with E-state index >= 15 is 0 Å². The zero-order valence-electron chi connectivity index (χ0n) is 24.2. The van der Waals surface area contributed by atoms with Crippen LogP contribution in [0.3, 0.4) is 0 Å². The highest BCUT2D eigenvalue weighted by molar-refractivity contribution is 7.89. The lowest BCUT2D eigenvalue weighted by Crippen LogP contribution is -2.40. The first kappa shape index (κ1) is 31.2. The van der Waals surface area contributed by atoms with E-state index in [4.69, 9.17) is 25.5 Å². The number of nitrogens with one attached hydrogen (secondary N) is 1. The van der Waals surface area contributed by atoms with Crippen LogP contribution in [-0.4, -0.2) is 63.6 Å². The Bertz CT molecular complexity index is 1830. The lowest BCUT2D eigenvalue weighted by molar-refractivity contribution is -0.149. The van der Waals surface area contributed by atoms with Crippen molar-refractivity contribution in [2.24, 2.45) is 5.92 Å². The fourth-order valence-corrected chi connectivity index (χ4v) is 6.94. The molecule has 0 atom stereocenters.